The van der Waals surface area contributed by atoms with Gasteiger partial charge in [-0.15, -0.1) is 0 Å². The number of nitrogens with zero attached hydrogens (tertiary/aromatic N) is 2. The molecular weight excluding hydrogens is 373 g/mol. The molecule has 0 bridgehead atoms. The van der Waals surface area contributed by atoms with Gasteiger partial charge in [0, 0.05) is 37.5 Å². The largest absolute Gasteiger partial charge is 0.475 e. The summed E-state index contributed by atoms with van der Waals surface area (Å²) in [5, 5.41) is 2.93. The maximum atomic E-state index is 13.1. The number of halogens is 1. The Morgan fingerprint density at radius 1 is 1.24 bits per heavy atom. The predicted molar refractivity (Wildman–Crippen MR) is 107 cm³/mol. The van der Waals surface area contributed by atoms with Crippen molar-refractivity contribution in [3.05, 3.63) is 59.5 Å². The summed E-state index contributed by atoms with van der Waals surface area (Å²) in [7, 11) is 0. The lowest BCUT2D eigenvalue weighted by atomic mass is 9.96. The van der Waals surface area contributed by atoms with Gasteiger partial charge in [0.25, 0.3) is 5.91 Å². The number of pyridine rings is 1. The molecule has 154 valence electrons. The molecule has 3 rings (SSSR count). The number of amides is 2. The number of benzene rings is 1. The number of carbonyl (C=O) groups excluding carboxylic acids is 2. The molecule has 2 aromatic rings. The van der Waals surface area contributed by atoms with Gasteiger partial charge < -0.3 is 15.0 Å². The van der Waals surface area contributed by atoms with Crippen molar-refractivity contribution in [3.8, 4) is 5.88 Å². The molecule has 1 atom stereocenters. The fourth-order valence-corrected chi connectivity index (χ4v) is 3.31. The SMILES string of the molecule is CC(C)Oc1ccc(CNC(=O)C2CCCN(C(=O)c3ccc(F)cc3)C2)cn1. The van der Waals surface area contributed by atoms with E-state index in [4.69, 9.17) is 4.74 Å². The average molecular weight is 399 g/mol. The van der Waals surface area contributed by atoms with E-state index in [1.165, 1.54) is 24.3 Å². The van der Waals surface area contributed by atoms with Crippen molar-refractivity contribution in [1.82, 2.24) is 15.2 Å². The predicted octanol–water partition coefficient (Wildman–Crippen LogP) is 3.18. The quantitative estimate of drug-likeness (QED) is 0.810. The molecule has 0 saturated carbocycles. The highest BCUT2D eigenvalue weighted by atomic mass is 19.1. The molecule has 6 nitrogen and oxygen atoms in total. The zero-order valence-electron chi connectivity index (χ0n) is 16.7. The number of hydrogen-bond donors (Lipinski definition) is 1. The second kappa shape index (κ2) is 9.49. The monoisotopic (exact) mass is 399 g/mol. The minimum Gasteiger partial charge on any atom is -0.475 e. The highest BCUT2D eigenvalue weighted by Gasteiger charge is 2.28. The first-order chi connectivity index (χ1) is 13.9. The molecule has 0 aliphatic carbocycles. The summed E-state index contributed by atoms with van der Waals surface area (Å²) in [5.41, 5.74) is 1.31. The van der Waals surface area contributed by atoms with Crippen molar-refractivity contribution in [2.45, 2.75) is 39.3 Å². The third kappa shape index (κ3) is 5.76. The molecule has 1 aliphatic rings. The van der Waals surface area contributed by atoms with Crippen LogP contribution in [0.15, 0.2) is 42.6 Å². The molecule has 1 aliphatic heterocycles. The lowest BCUT2D eigenvalue weighted by molar-refractivity contribution is -0.126. The minimum atomic E-state index is -0.379. The molecule has 1 saturated heterocycles. The number of piperidine rings is 1. The van der Waals surface area contributed by atoms with Crippen LogP contribution in [-0.4, -0.2) is 40.9 Å². The Hall–Kier alpha value is -2.96. The number of carbonyl (C=O) groups is 2. The van der Waals surface area contributed by atoms with Crippen LogP contribution < -0.4 is 10.1 Å². The van der Waals surface area contributed by atoms with Gasteiger partial charge in [-0.2, -0.15) is 0 Å². The maximum Gasteiger partial charge on any atom is 0.253 e. The van der Waals surface area contributed by atoms with Gasteiger partial charge in [-0.3, -0.25) is 9.59 Å². The number of likely N-dealkylation sites (tertiary alicyclic amines) is 1. The molecule has 2 heterocycles. The molecule has 7 heteroatoms. The van der Waals surface area contributed by atoms with Crippen LogP contribution in [0.5, 0.6) is 5.88 Å². The third-order valence-corrected chi connectivity index (χ3v) is 4.79. The van der Waals surface area contributed by atoms with Crippen LogP contribution in [0.25, 0.3) is 0 Å². The molecule has 1 aromatic heterocycles. The first-order valence-electron chi connectivity index (χ1n) is 9.86. The zero-order chi connectivity index (χ0) is 20.8. The highest BCUT2D eigenvalue weighted by Crippen LogP contribution is 2.19. The molecule has 2 amide bonds. The van der Waals surface area contributed by atoms with E-state index < -0.39 is 0 Å². The Kier molecular flexibility index (Phi) is 6.80. The standard InChI is InChI=1S/C22H26FN3O3/c1-15(2)29-20-10-5-16(12-24-20)13-25-21(27)18-4-3-11-26(14-18)22(28)17-6-8-19(23)9-7-17/h5-10,12,15,18H,3-4,11,13-14H2,1-2H3,(H,25,27). The topological polar surface area (TPSA) is 71.5 Å². The van der Waals surface area contributed by atoms with Crippen molar-refractivity contribution in [2.24, 2.45) is 5.92 Å². The Morgan fingerprint density at radius 2 is 2.00 bits per heavy atom. The third-order valence-electron chi connectivity index (χ3n) is 4.79. The Labute approximate surface area is 170 Å². The van der Waals surface area contributed by atoms with Gasteiger partial charge in [0.1, 0.15) is 5.82 Å². The van der Waals surface area contributed by atoms with Crippen molar-refractivity contribution in [2.75, 3.05) is 13.1 Å². The zero-order valence-corrected chi connectivity index (χ0v) is 16.7. The smallest absolute Gasteiger partial charge is 0.253 e. The first-order valence-corrected chi connectivity index (χ1v) is 9.86. The van der Waals surface area contributed by atoms with E-state index in [1.54, 1.807) is 17.2 Å². The van der Waals surface area contributed by atoms with Crippen LogP contribution in [0, 0.1) is 11.7 Å². The van der Waals surface area contributed by atoms with Crippen LogP contribution in [0.3, 0.4) is 0 Å². The molecular formula is C22H26FN3O3. The van der Waals surface area contributed by atoms with Crippen LogP contribution in [0.4, 0.5) is 4.39 Å². The molecule has 0 radical (unpaired) electrons. The first kappa shape index (κ1) is 20.8. The minimum absolute atomic E-state index is 0.0555. The number of rotatable bonds is 6. The second-order valence-corrected chi connectivity index (χ2v) is 7.49. The highest BCUT2D eigenvalue weighted by molar-refractivity contribution is 5.94. The number of nitrogens with one attached hydrogen (secondary N) is 1. The summed E-state index contributed by atoms with van der Waals surface area (Å²) in [6.07, 6.45) is 3.23. The maximum absolute atomic E-state index is 13.1. The van der Waals surface area contributed by atoms with Gasteiger partial charge >= 0.3 is 0 Å². The molecule has 0 spiro atoms. The summed E-state index contributed by atoms with van der Waals surface area (Å²) in [6.45, 7) is 5.20. The summed E-state index contributed by atoms with van der Waals surface area (Å²) in [5.74, 6) is -0.339. The van der Waals surface area contributed by atoms with Crippen molar-refractivity contribution >= 4 is 11.8 Å². The van der Waals surface area contributed by atoms with Gasteiger partial charge in [0.15, 0.2) is 0 Å². The van der Waals surface area contributed by atoms with Gasteiger partial charge in [-0.25, -0.2) is 9.37 Å². The average Bonchev–Trinajstić information content (AvgIpc) is 2.73. The molecule has 1 N–H and O–H groups in total. The molecule has 1 unspecified atom stereocenters. The van der Waals surface area contributed by atoms with Gasteiger partial charge in [0.2, 0.25) is 11.8 Å². The molecule has 29 heavy (non-hydrogen) atoms. The fourth-order valence-electron chi connectivity index (χ4n) is 3.31. The van der Waals surface area contributed by atoms with Gasteiger partial charge in [0.05, 0.1) is 12.0 Å². The normalized spacial score (nSPS) is 16.6. The van der Waals surface area contributed by atoms with Crippen LogP contribution in [0.1, 0.15) is 42.6 Å². The molecule has 1 fully saturated rings. The summed E-state index contributed by atoms with van der Waals surface area (Å²) < 4.78 is 18.6. The lowest BCUT2D eigenvalue weighted by Gasteiger charge is -2.32. The van der Waals surface area contributed by atoms with E-state index in [0.717, 1.165) is 18.4 Å². The van der Waals surface area contributed by atoms with Gasteiger partial charge in [-0.1, -0.05) is 6.07 Å². The second-order valence-electron chi connectivity index (χ2n) is 7.49. The van der Waals surface area contributed by atoms with Crippen molar-refractivity contribution < 1.29 is 18.7 Å². The molecule has 1 aromatic carbocycles. The Bertz CT molecular complexity index is 837. The van der Waals surface area contributed by atoms with E-state index in [9.17, 15) is 14.0 Å². The number of aromatic nitrogens is 1. The van der Waals surface area contributed by atoms with E-state index in [1.807, 2.05) is 19.9 Å². The van der Waals surface area contributed by atoms with Crippen LogP contribution in [-0.2, 0) is 11.3 Å². The van der Waals surface area contributed by atoms with Crippen molar-refractivity contribution in [1.29, 1.82) is 0 Å². The summed E-state index contributed by atoms with van der Waals surface area (Å²) in [6, 6.07) is 9.14. The van der Waals surface area contributed by atoms with Crippen LogP contribution in [0.2, 0.25) is 0 Å². The van der Waals surface area contributed by atoms with Gasteiger partial charge in [-0.05, 0) is 56.5 Å². The summed E-state index contributed by atoms with van der Waals surface area (Å²) in [4.78, 5) is 31.1. The Morgan fingerprint density at radius 3 is 2.66 bits per heavy atom. The summed E-state index contributed by atoms with van der Waals surface area (Å²) >= 11 is 0. The van der Waals surface area contributed by atoms with E-state index in [-0.39, 0.29) is 29.7 Å². The van der Waals surface area contributed by atoms with E-state index in [0.29, 0.717) is 31.1 Å². The Balaban J connectivity index is 1.52. The number of ether oxygens (including phenoxy) is 1. The van der Waals surface area contributed by atoms with E-state index >= 15 is 0 Å². The van der Waals surface area contributed by atoms with Crippen molar-refractivity contribution in [3.63, 3.8) is 0 Å². The number of hydrogen-bond acceptors (Lipinski definition) is 4. The fraction of sp³-hybridized carbons (Fsp3) is 0.409. The lowest BCUT2D eigenvalue weighted by Crippen LogP contribution is -2.45. The van der Waals surface area contributed by atoms with Crippen LogP contribution >= 0.6 is 0 Å². The van der Waals surface area contributed by atoms with E-state index in [2.05, 4.69) is 10.3 Å².